The maximum atomic E-state index is 12.8. The maximum absolute atomic E-state index is 12.8. The zero-order valence-corrected chi connectivity index (χ0v) is 11.1. The highest BCUT2D eigenvalue weighted by atomic mass is 19.4. The maximum Gasteiger partial charge on any atom is 0.416 e. The van der Waals surface area contributed by atoms with E-state index in [-0.39, 0.29) is 0 Å². The van der Waals surface area contributed by atoms with E-state index in [4.69, 9.17) is 0 Å². The highest BCUT2D eigenvalue weighted by Gasteiger charge is 2.30. The third-order valence-corrected chi connectivity index (χ3v) is 3.36. The molecule has 3 aromatic rings. The van der Waals surface area contributed by atoms with Crippen molar-refractivity contribution in [3.8, 4) is 11.1 Å². The number of hydrogen-bond donors (Lipinski definition) is 0. The molecule has 0 aliphatic heterocycles. The van der Waals surface area contributed by atoms with Gasteiger partial charge in [0.25, 0.3) is 0 Å². The van der Waals surface area contributed by atoms with E-state index in [0.29, 0.717) is 11.1 Å². The summed E-state index contributed by atoms with van der Waals surface area (Å²) in [5.41, 5.74) is 2.16. The highest BCUT2D eigenvalue weighted by molar-refractivity contribution is 5.86. The molecule has 0 aliphatic carbocycles. The van der Waals surface area contributed by atoms with E-state index in [9.17, 15) is 13.2 Å². The molecule has 0 saturated carbocycles. The van der Waals surface area contributed by atoms with Crippen molar-refractivity contribution in [2.45, 2.75) is 13.1 Å². The Morgan fingerprint density at radius 3 is 2.43 bits per heavy atom. The van der Waals surface area contributed by atoms with Crippen LogP contribution >= 0.6 is 0 Å². The van der Waals surface area contributed by atoms with Crippen molar-refractivity contribution >= 4 is 10.9 Å². The fraction of sp³-hybridized carbons (Fsp3) is 0.125. The quantitative estimate of drug-likeness (QED) is 0.652. The Morgan fingerprint density at radius 1 is 0.905 bits per heavy atom. The van der Waals surface area contributed by atoms with E-state index in [1.54, 1.807) is 18.2 Å². The molecule has 0 N–H and O–H groups in total. The number of benzene rings is 2. The smallest absolute Gasteiger partial charge is 0.241 e. The molecule has 0 aliphatic rings. The third-order valence-electron chi connectivity index (χ3n) is 3.36. The molecule has 0 bridgehead atoms. The van der Waals surface area contributed by atoms with Gasteiger partial charge in [-0.15, -0.1) is 0 Å². The van der Waals surface area contributed by atoms with Gasteiger partial charge in [0, 0.05) is 11.1 Å². The van der Waals surface area contributed by atoms with E-state index in [2.05, 4.69) is 9.97 Å². The normalized spacial score (nSPS) is 11.8. The van der Waals surface area contributed by atoms with E-state index in [0.717, 1.165) is 28.7 Å². The van der Waals surface area contributed by atoms with Crippen LogP contribution in [-0.4, -0.2) is 9.97 Å². The van der Waals surface area contributed by atoms with Crippen LogP contribution in [0.2, 0.25) is 0 Å². The number of rotatable bonds is 1. The van der Waals surface area contributed by atoms with Crippen molar-refractivity contribution in [3.05, 3.63) is 60.0 Å². The molecule has 5 heteroatoms. The minimum atomic E-state index is -4.34. The van der Waals surface area contributed by atoms with Crippen LogP contribution in [0.15, 0.2) is 48.8 Å². The van der Waals surface area contributed by atoms with Crippen molar-refractivity contribution in [2.24, 2.45) is 0 Å². The lowest BCUT2D eigenvalue weighted by Crippen LogP contribution is -2.04. The van der Waals surface area contributed by atoms with E-state index >= 15 is 0 Å². The van der Waals surface area contributed by atoms with Crippen molar-refractivity contribution in [3.63, 3.8) is 0 Å². The zero-order valence-electron chi connectivity index (χ0n) is 11.1. The first-order chi connectivity index (χ1) is 9.95. The van der Waals surface area contributed by atoms with Gasteiger partial charge in [-0.05, 0) is 42.3 Å². The van der Waals surface area contributed by atoms with Crippen LogP contribution in [0.5, 0.6) is 0 Å². The number of halogens is 3. The molecule has 0 spiro atoms. The Morgan fingerprint density at radius 2 is 1.67 bits per heavy atom. The van der Waals surface area contributed by atoms with Gasteiger partial charge in [0.05, 0.1) is 11.1 Å². The molecule has 1 aromatic heterocycles. The predicted molar refractivity (Wildman–Crippen MR) is 74.7 cm³/mol. The molecule has 2 nitrogen and oxygen atoms in total. The molecule has 0 unspecified atom stereocenters. The summed E-state index contributed by atoms with van der Waals surface area (Å²) in [7, 11) is 0. The first kappa shape index (κ1) is 13.5. The van der Waals surface area contributed by atoms with E-state index < -0.39 is 11.7 Å². The summed E-state index contributed by atoms with van der Waals surface area (Å²) in [6.45, 7) is 1.85. The van der Waals surface area contributed by atoms with Gasteiger partial charge in [-0.1, -0.05) is 18.2 Å². The van der Waals surface area contributed by atoms with Crippen molar-refractivity contribution in [2.75, 3.05) is 0 Å². The number of alkyl halides is 3. The first-order valence-electron chi connectivity index (χ1n) is 6.34. The fourth-order valence-corrected chi connectivity index (χ4v) is 2.24. The molecule has 0 radical (unpaired) electrons. The Hall–Kier alpha value is -2.43. The van der Waals surface area contributed by atoms with Crippen LogP contribution in [0.25, 0.3) is 22.0 Å². The summed E-state index contributed by atoms with van der Waals surface area (Å²) < 4.78 is 38.3. The van der Waals surface area contributed by atoms with Gasteiger partial charge in [0.2, 0.25) is 0 Å². The van der Waals surface area contributed by atoms with Gasteiger partial charge < -0.3 is 0 Å². The summed E-state index contributed by atoms with van der Waals surface area (Å²) >= 11 is 0. The first-order valence-corrected chi connectivity index (χ1v) is 6.34. The minimum absolute atomic E-state index is 0.523. The molecule has 106 valence electrons. The molecule has 3 rings (SSSR count). The topological polar surface area (TPSA) is 25.8 Å². The van der Waals surface area contributed by atoms with Crippen molar-refractivity contribution < 1.29 is 13.2 Å². The number of hydrogen-bond acceptors (Lipinski definition) is 2. The summed E-state index contributed by atoms with van der Waals surface area (Å²) in [5, 5.41) is 0.840. The van der Waals surface area contributed by atoms with E-state index in [1.165, 1.54) is 12.4 Å². The molecule has 0 atom stereocenters. The number of aryl methyl sites for hydroxylation is 1. The molecular weight excluding hydrogens is 277 g/mol. The second-order valence-electron chi connectivity index (χ2n) is 4.77. The van der Waals surface area contributed by atoms with Crippen LogP contribution in [0, 0.1) is 6.92 Å². The van der Waals surface area contributed by atoms with Gasteiger partial charge in [0.1, 0.15) is 6.33 Å². The summed E-state index contributed by atoms with van der Waals surface area (Å²) in [6, 6.07) is 10.7. The van der Waals surface area contributed by atoms with Crippen LogP contribution < -0.4 is 0 Å². The molecule has 21 heavy (non-hydrogen) atoms. The predicted octanol–water partition coefficient (Wildman–Crippen LogP) is 4.62. The minimum Gasteiger partial charge on any atom is -0.241 e. The number of fused-ring (bicyclic) bond motifs is 1. The Labute approximate surface area is 119 Å². The Bertz CT molecular complexity index is 810. The second-order valence-corrected chi connectivity index (χ2v) is 4.77. The van der Waals surface area contributed by atoms with Gasteiger partial charge in [-0.2, -0.15) is 13.2 Å². The lowest BCUT2D eigenvalue weighted by molar-refractivity contribution is -0.137. The van der Waals surface area contributed by atoms with Crippen molar-refractivity contribution in [1.29, 1.82) is 0 Å². The van der Waals surface area contributed by atoms with E-state index in [1.807, 2.05) is 13.0 Å². The lowest BCUT2D eigenvalue weighted by Gasteiger charge is -2.09. The lowest BCUT2D eigenvalue weighted by atomic mass is 10.0. The summed E-state index contributed by atoms with van der Waals surface area (Å²) in [6.07, 6.45) is -2.87. The molecular formula is C16H11F3N2. The number of nitrogens with zero attached hydrogens (tertiary/aromatic N) is 2. The standard InChI is InChI=1S/C16H11F3N2/c1-10-14-8-12(5-6-15(14)21-9-20-10)11-3-2-4-13(7-11)16(17,18)19/h2-9H,1H3. The molecule has 2 aromatic carbocycles. The van der Waals surface area contributed by atoms with Gasteiger partial charge >= 0.3 is 6.18 Å². The Balaban J connectivity index is 2.15. The van der Waals surface area contributed by atoms with Gasteiger partial charge in [-0.25, -0.2) is 9.97 Å². The fourth-order valence-electron chi connectivity index (χ4n) is 2.24. The van der Waals surface area contributed by atoms with Crippen LogP contribution in [0.3, 0.4) is 0 Å². The van der Waals surface area contributed by atoms with Gasteiger partial charge in [-0.3, -0.25) is 0 Å². The third kappa shape index (κ3) is 2.59. The molecule has 0 amide bonds. The molecule has 0 fully saturated rings. The average molecular weight is 288 g/mol. The number of aromatic nitrogens is 2. The molecule has 0 saturated heterocycles. The van der Waals surface area contributed by atoms with Gasteiger partial charge in [0.15, 0.2) is 0 Å². The molecule has 1 heterocycles. The zero-order chi connectivity index (χ0) is 15.0. The van der Waals surface area contributed by atoms with Crippen LogP contribution in [-0.2, 0) is 6.18 Å². The average Bonchev–Trinajstić information content (AvgIpc) is 2.47. The van der Waals surface area contributed by atoms with Crippen molar-refractivity contribution in [1.82, 2.24) is 9.97 Å². The SMILES string of the molecule is Cc1ncnc2ccc(-c3cccc(C(F)(F)F)c3)cc12. The summed E-state index contributed by atoms with van der Waals surface area (Å²) in [4.78, 5) is 8.25. The Kier molecular flexibility index (Phi) is 3.12. The van der Waals surface area contributed by atoms with Crippen LogP contribution in [0.1, 0.15) is 11.3 Å². The highest BCUT2D eigenvalue weighted by Crippen LogP contribution is 2.32. The second kappa shape index (κ2) is 4.84. The van der Waals surface area contributed by atoms with Crippen LogP contribution in [0.4, 0.5) is 13.2 Å². The summed E-state index contributed by atoms with van der Waals surface area (Å²) in [5.74, 6) is 0. The largest absolute Gasteiger partial charge is 0.416 e. The monoisotopic (exact) mass is 288 g/mol.